The van der Waals surface area contributed by atoms with Gasteiger partial charge in [-0.2, -0.15) is 0 Å². The normalized spacial score (nSPS) is 11.4. The number of halogens is 1. The second kappa shape index (κ2) is 9.44. The average molecular weight is 418 g/mol. The Morgan fingerprint density at radius 1 is 1.41 bits per heavy atom. The molecule has 2 aromatic heterocycles. The zero-order chi connectivity index (χ0) is 15.1. The number of hydrogen-bond acceptors (Lipinski definition) is 4. The molecule has 0 unspecified atom stereocenters. The van der Waals surface area contributed by atoms with E-state index in [1.807, 2.05) is 16.8 Å². The summed E-state index contributed by atoms with van der Waals surface area (Å²) in [4.78, 5) is 8.17. The van der Waals surface area contributed by atoms with Crippen molar-refractivity contribution in [3.8, 4) is 0 Å². The summed E-state index contributed by atoms with van der Waals surface area (Å²) in [5, 5.41) is 10.5. The van der Waals surface area contributed by atoms with E-state index in [1.54, 1.807) is 19.6 Å². The Hall–Kier alpha value is -1.58. The largest absolute Gasteiger partial charge is 0.359 e. The zero-order valence-electron chi connectivity index (χ0n) is 13.1. The summed E-state index contributed by atoms with van der Waals surface area (Å²) in [7, 11) is 1.74. The Bertz CT molecular complexity index is 564. The van der Waals surface area contributed by atoms with E-state index in [2.05, 4.69) is 39.6 Å². The topological polar surface area (TPSA) is 80.3 Å². The third-order valence-corrected chi connectivity index (χ3v) is 3.04. The van der Waals surface area contributed by atoms with Crippen LogP contribution in [0.15, 0.2) is 34.3 Å². The zero-order valence-corrected chi connectivity index (χ0v) is 15.4. The molecule has 0 bridgehead atoms. The summed E-state index contributed by atoms with van der Waals surface area (Å²) in [5.41, 5.74) is 0.967. The van der Waals surface area contributed by atoms with Gasteiger partial charge in [0.1, 0.15) is 0 Å². The summed E-state index contributed by atoms with van der Waals surface area (Å²) in [6.07, 6.45) is 5.49. The van der Waals surface area contributed by atoms with Crippen molar-refractivity contribution >= 4 is 29.9 Å². The molecule has 7 nitrogen and oxygen atoms in total. The molecule has 2 N–H and O–H groups in total. The van der Waals surface area contributed by atoms with Gasteiger partial charge in [0, 0.05) is 38.6 Å². The predicted molar refractivity (Wildman–Crippen MR) is 96.4 cm³/mol. The smallest absolute Gasteiger partial charge is 0.191 e. The number of aliphatic imine (C=N–C) groups is 1. The van der Waals surface area contributed by atoms with Gasteiger partial charge in [0.2, 0.25) is 0 Å². The first kappa shape index (κ1) is 18.5. The Morgan fingerprint density at radius 2 is 2.23 bits per heavy atom. The number of aromatic nitrogens is 3. The summed E-state index contributed by atoms with van der Waals surface area (Å²) >= 11 is 0. The Morgan fingerprint density at radius 3 is 2.82 bits per heavy atom. The van der Waals surface area contributed by atoms with Crippen LogP contribution in [0.5, 0.6) is 0 Å². The second-order valence-electron chi connectivity index (χ2n) is 5.03. The van der Waals surface area contributed by atoms with Crippen LogP contribution in [0.1, 0.15) is 31.2 Å². The van der Waals surface area contributed by atoms with E-state index < -0.39 is 0 Å². The molecule has 122 valence electrons. The molecular weight excluding hydrogens is 395 g/mol. The fourth-order valence-corrected chi connectivity index (χ4v) is 1.80. The first-order chi connectivity index (χ1) is 10.2. The minimum atomic E-state index is 0. The van der Waals surface area contributed by atoms with E-state index in [0.29, 0.717) is 12.5 Å². The fraction of sp³-hybridized carbons (Fsp3) is 0.500. The lowest BCUT2D eigenvalue weighted by atomic mass is 10.1. The molecule has 0 fully saturated rings. The van der Waals surface area contributed by atoms with Crippen LogP contribution in [0, 0.1) is 0 Å². The first-order valence-electron chi connectivity index (χ1n) is 7.04. The number of hydrogen-bond donors (Lipinski definition) is 2. The van der Waals surface area contributed by atoms with E-state index >= 15 is 0 Å². The van der Waals surface area contributed by atoms with Crippen molar-refractivity contribution in [2.45, 2.75) is 32.9 Å². The van der Waals surface area contributed by atoms with Crippen molar-refractivity contribution in [3.05, 3.63) is 36.2 Å². The third-order valence-electron chi connectivity index (χ3n) is 3.04. The van der Waals surface area contributed by atoms with Gasteiger partial charge in [-0.25, -0.2) is 4.98 Å². The van der Waals surface area contributed by atoms with Crippen molar-refractivity contribution in [2.24, 2.45) is 4.99 Å². The highest BCUT2D eigenvalue weighted by atomic mass is 127. The number of guanidine groups is 1. The number of nitrogens with one attached hydrogen (secondary N) is 2. The van der Waals surface area contributed by atoms with Crippen LogP contribution in [-0.2, 0) is 13.1 Å². The minimum absolute atomic E-state index is 0. The standard InChI is InChI=1S/C14H22N6O.HI/c1-11(2)13-8-12(21-19-13)9-18-14(15-3)17-5-7-20-6-4-16-10-20;/h4,6,8,10-11H,5,7,9H2,1-3H3,(H2,15,17,18);1H. The van der Waals surface area contributed by atoms with E-state index in [9.17, 15) is 0 Å². The minimum Gasteiger partial charge on any atom is -0.359 e. The van der Waals surface area contributed by atoms with Gasteiger partial charge in [-0.15, -0.1) is 24.0 Å². The molecule has 0 aliphatic rings. The Kier molecular flexibility index (Phi) is 7.92. The van der Waals surface area contributed by atoms with Crippen LogP contribution >= 0.6 is 24.0 Å². The summed E-state index contributed by atoms with van der Waals surface area (Å²) in [5.74, 6) is 1.91. The Labute approximate surface area is 147 Å². The molecule has 8 heteroatoms. The van der Waals surface area contributed by atoms with E-state index in [-0.39, 0.29) is 24.0 Å². The van der Waals surface area contributed by atoms with Gasteiger partial charge in [0.15, 0.2) is 11.7 Å². The SMILES string of the molecule is CN=C(NCCn1ccnc1)NCc1cc(C(C)C)no1.I. The molecule has 2 aromatic rings. The summed E-state index contributed by atoms with van der Waals surface area (Å²) in [6, 6.07) is 1.97. The predicted octanol–water partition coefficient (Wildman–Crippen LogP) is 1.98. The van der Waals surface area contributed by atoms with Gasteiger partial charge < -0.3 is 19.7 Å². The molecule has 0 radical (unpaired) electrons. The maximum absolute atomic E-state index is 5.28. The van der Waals surface area contributed by atoms with Crippen molar-refractivity contribution in [1.82, 2.24) is 25.3 Å². The lowest BCUT2D eigenvalue weighted by Gasteiger charge is -2.10. The van der Waals surface area contributed by atoms with Gasteiger partial charge in [-0.3, -0.25) is 4.99 Å². The maximum Gasteiger partial charge on any atom is 0.191 e. The van der Waals surface area contributed by atoms with Crippen LogP contribution in [0.4, 0.5) is 0 Å². The summed E-state index contributed by atoms with van der Waals surface area (Å²) < 4.78 is 7.28. The van der Waals surface area contributed by atoms with Crippen LogP contribution in [-0.4, -0.2) is 34.3 Å². The molecule has 0 amide bonds. The molecule has 0 aromatic carbocycles. The monoisotopic (exact) mass is 418 g/mol. The molecule has 0 atom stereocenters. The van der Waals surface area contributed by atoms with Crippen LogP contribution in [0.25, 0.3) is 0 Å². The maximum atomic E-state index is 5.28. The second-order valence-corrected chi connectivity index (χ2v) is 5.03. The van der Waals surface area contributed by atoms with Gasteiger partial charge in [0.05, 0.1) is 18.6 Å². The molecule has 0 saturated heterocycles. The van der Waals surface area contributed by atoms with Crippen LogP contribution in [0.3, 0.4) is 0 Å². The van der Waals surface area contributed by atoms with Crippen LogP contribution < -0.4 is 10.6 Å². The molecule has 0 spiro atoms. The average Bonchev–Trinajstić information content (AvgIpc) is 3.13. The Balaban J connectivity index is 0.00000242. The number of nitrogens with zero attached hydrogens (tertiary/aromatic N) is 4. The highest BCUT2D eigenvalue weighted by Crippen LogP contribution is 2.13. The quantitative estimate of drug-likeness (QED) is 0.426. The molecular formula is C14H23IN6O. The highest BCUT2D eigenvalue weighted by Gasteiger charge is 2.07. The molecule has 0 aliphatic heterocycles. The molecule has 0 saturated carbocycles. The lowest BCUT2D eigenvalue weighted by molar-refractivity contribution is 0.372. The van der Waals surface area contributed by atoms with Gasteiger partial charge in [0.25, 0.3) is 0 Å². The van der Waals surface area contributed by atoms with Crippen molar-refractivity contribution in [3.63, 3.8) is 0 Å². The molecule has 2 heterocycles. The molecule has 22 heavy (non-hydrogen) atoms. The fourth-order valence-electron chi connectivity index (χ4n) is 1.80. The van der Waals surface area contributed by atoms with Gasteiger partial charge >= 0.3 is 0 Å². The van der Waals surface area contributed by atoms with Crippen LogP contribution in [0.2, 0.25) is 0 Å². The molecule has 0 aliphatic carbocycles. The highest BCUT2D eigenvalue weighted by molar-refractivity contribution is 14.0. The van der Waals surface area contributed by atoms with E-state index in [1.165, 1.54) is 0 Å². The first-order valence-corrected chi connectivity index (χ1v) is 7.04. The summed E-state index contributed by atoms with van der Waals surface area (Å²) in [6.45, 7) is 6.34. The van der Waals surface area contributed by atoms with Crippen molar-refractivity contribution in [1.29, 1.82) is 0 Å². The van der Waals surface area contributed by atoms with Gasteiger partial charge in [-0.1, -0.05) is 19.0 Å². The van der Waals surface area contributed by atoms with Crippen molar-refractivity contribution < 1.29 is 4.52 Å². The number of imidazole rings is 1. The van der Waals surface area contributed by atoms with E-state index in [0.717, 1.165) is 30.5 Å². The number of rotatable bonds is 6. The molecule has 2 rings (SSSR count). The van der Waals surface area contributed by atoms with Gasteiger partial charge in [-0.05, 0) is 5.92 Å². The van der Waals surface area contributed by atoms with E-state index in [4.69, 9.17) is 4.52 Å². The van der Waals surface area contributed by atoms with Crippen molar-refractivity contribution in [2.75, 3.05) is 13.6 Å². The lowest BCUT2D eigenvalue weighted by Crippen LogP contribution is -2.38. The third kappa shape index (κ3) is 5.66.